The average Bonchev–Trinajstić information content (AvgIpc) is 2.41. The molecule has 0 aromatic carbocycles. The van der Waals surface area contributed by atoms with Crippen LogP contribution in [-0.2, 0) is 4.79 Å². The van der Waals surface area contributed by atoms with Gasteiger partial charge in [-0.15, -0.1) is 0 Å². The molecule has 2 aliphatic rings. The van der Waals surface area contributed by atoms with Gasteiger partial charge in [-0.2, -0.15) is 0 Å². The van der Waals surface area contributed by atoms with Crippen LogP contribution in [0, 0.1) is 11.3 Å². The maximum atomic E-state index is 10.6. The lowest BCUT2D eigenvalue weighted by Gasteiger charge is -2.25. The molecular weight excluding hydrogens is 156 g/mol. The van der Waals surface area contributed by atoms with Crippen molar-refractivity contribution in [2.75, 3.05) is 0 Å². The molecular formula is C9H14O3. The highest BCUT2D eigenvalue weighted by atomic mass is 16.4. The SMILES string of the molecule is O=C(O)CC12CCC(C1)C(O)C2. The molecule has 2 N–H and O–H groups in total. The molecule has 12 heavy (non-hydrogen) atoms. The Bertz CT molecular complexity index is 210. The predicted octanol–water partition coefficient (Wildman–Crippen LogP) is 1.01. The van der Waals surface area contributed by atoms with Crippen molar-refractivity contribution in [1.29, 1.82) is 0 Å². The number of fused-ring (bicyclic) bond motifs is 2. The molecule has 2 fully saturated rings. The van der Waals surface area contributed by atoms with Crippen molar-refractivity contribution in [3.8, 4) is 0 Å². The van der Waals surface area contributed by atoms with E-state index in [1.165, 1.54) is 0 Å². The Balaban J connectivity index is 2.08. The van der Waals surface area contributed by atoms with Gasteiger partial charge in [0.1, 0.15) is 0 Å². The van der Waals surface area contributed by atoms with Gasteiger partial charge in [0, 0.05) is 0 Å². The Morgan fingerprint density at radius 1 is 1.50 bits per heavy atom. The second-order valence-electron chi connectivity index (χ2n) is 4.34. The van der Waals surface area contributed by atoms with E-state index in [2.05, 4.69) is 0 Å². The molecule has 0 aromatic heterocycles. The van der Waals surface area contributed by atoms with Crippen LogP contribution in [0.2, 0.25) is 0 Å². The fourth-order valence-corrected chi connectivity index (χ4v) is 2.93. The van der Waals surface area contributed by atoms with E-state index in [4.69, 9.17) is 5.11 Å². The molecule has 68 valence electrons. The van der Waals surface area contributed by atoms with E-state index in [1.807, 2.05) is 0 Å². The van der Waals surface area contributed by atoms with E-state index < -0.39 is 5.97 Å². The first-order valence-electron chi connectivity index (χ1n) is 4.51. The van der Waals surface area contributed by atoms with Gasteiger partial charge in [-0.3, -0.25) is 4.79 Å². The summed E-state index contributed by atoms with van der Waals surface area (Å²) in [6.07, 6.45) is 3.69. The molecule has 0 heterocycles. The molecule has 0 amide bonds. The van der Waals surface area contributed by atoms with Crippen molar-refractivity contribution in [3.63, 3.8) is 0 Å². The number of aliphatic hydroxyl groups is 1. The number of carboxylic acid groups (broad SMARTS) is 1. The summed E-state index contributed by atoms with van der Waals surface area (Å²) < 4.78 is 0. The van der Waals surface area contributed by atoms with Crippen molar-refractivity contribution in [1.82, 2.24) is 0 Å². The van der Waals surface area contributed by atoms with Crippen molar-refractivity contribution < 1.29 is 15.0 Å². The van der Waals surface area contributed by atoms with E-state index in [0.717, 1.165) is 19.3 Å². The lowest BCUT2D eigenvalue weighted by Crippen LogP contribution is -2.23. The van der Waals surface area contributed by atoms with Crippen molar-refractivity contribution >= 4 is 5.97 Å². The first-order valence-corrected chi connectivity index (χ1v) is 4.51. The maximum absolute atomic E-state index is 10.6. The second-order valence-corrected chi connectivity index (χ2v) is 4.34. The predicted molar refractivity (Wildman–Crippen MR) is 42.7 cm³/mol. The van der Waals surface area contributed by atoms with Crippen molar-refractivity contribution in [2.24, 2.45) is 11.3 Å². The fourth-order valence-electron chi connectivity index (χ4n) is 2.93. The minimum absolute atomic E-state index is 0.0457. The van der Waals surface area contributed by atoms with Gasteiger partial charge in [0.15, 0.2) is 0 Å². The topological polar surface area (TPSA) is 57.5 Å². The first kappa shape index (κ1) is 8.05. The standard InChI is InChI=1S/C9H14O3/c10-7-4-9(5-8(11)12)2-1-6(7)3-9/h6-7,10H,1-5H2,(H,11,12). The summed E-state index contributed by atoms with van der Waals surface area (Å²) in [6, 6.07) is 0. The highest BCUT2D eigenvalue weighted by Crippen LogP contribution is 2.55. The van der Waals surface area contributed by atoms with Crippen LogP contribution >= 0.6 is 0 Å². The smallest absolute Gasteiger partial charge is 0.303 e. The molecule has 2 rings (SSSR count). The summed E-state index contributed by atoms with van der Waals surface area (Å²) in [7, 11) is 0. The van der Waals surface area contributed by atoms with Crippen LogP contribution in [-0.4, -0.2) is 22.3 Å². The number of carboxylic acids is 1. The van der Waals surface area contributed by atoms with Gasteiger partial charge >= 0.3 is 5.97 Å². The Labute approximate surface area is 71.4 Å². The van der Waals surface area contributed by atoms with Crippen LogP contribution < -0.4 is 0 Å². The molecule has 0 aromatic rings. The molecule has 3 atom stereocenters. The second kappa shape index (κ2) is 2.46. The minimum atomic E-state index is -0.718. The van der Waals surface area contributed by atoms with E-state index in [0.29, 0.717) is 12.3 Å². The summed E-state index contributed by atoms with van der Waals surface area (Å²) in [5.74, 6) is -0.325. The van der Waals surface area contributed by atoms with Crippen LogP contribution in [0.5, 0.6) is 0 Å². The van der Waals surface area contributed by atoms with Gasteiger partial charge in [-0.25, -0.2) is 0 Å². The Hall–Kier alpha value is -0.570. The Morgan fingerprint density at radius 3 is 2.67 bits per heavy atom. The third kappa shape index (κ3) is 1.12. The van der Waals surface area contributed by atoms with E-state index >= 15 is 0 Å². The highest BCUT2D eigenvalue weighted by molar-refractivity contribution is 5.67. The summed E-state index contributed by atoms with van der Waals surface area (Å²) in [5, 5.41) is 18.2. The molecule has 3 heteroatoms. The van der Waals surface area contributed by atoms with Crippen LogP contribution in [0.1, 0.15) is 32.1 Å². The number of aliphatic carboxylic acids is 1. The van der Waals surface area contributed by atoms with Crippen LogP contribution in [0.15, 0.2) is 0 Å². The summed E-state index contributed by atoms with van der Waals surface area (Å²) in [4.78, 5) is 10.6. The molecule has 2 aliphatic carbocycles. The van der Waals surface area contributed by atoms with Gasteiger partial charge in [0.2, 0.25) is 0 Å². The first-order chi connectivity index (χ1) is 5.61. The maximum Gasteiger partial charge on any atom is 0.303 e. The molecule has 0 spiro atoms. The Kier molecular flexibility index (Phi) is 1.65. The van der Waals surface area contributed by atoms with Gasteiger partial charge in [-0.05, 0) is 37.0 Å². The zero-order valence-corrected chi connectivity index (χ0v) is 6.99. The van der Waals surface area contributed by atoms with Gasteiger partial charge in [0.25, 0.3) is 0 Å². The van der Waals surface area contributed by atoms with E-state index in [1.54, 1.807) is 0 Å². The van der Waals surface area contributed by atoms with Crippen molar-refractivity contribution in [2.45, 2.75) is 38.2 Å². The lowest BCUT2D eigenvalue weighted by atomic mass is 9.80. The van der Waals surface area contributed by atoms with Crippen molar-refractivity contribution in [3.05, 3.63) is 0 Å². The van der Waals surface area contributed by atoms with Crippen LogP contribution in [0.4, 0.5) is 0 Å². The average molecular weight is 170 g/mol. The van der Waals surface area contributed by atoms with Gasteiger partial charge < -0.3 is 10.2 Å². The summed E-state index contributed by atoms with van der Waals surface area (Å²) >= 11 is 0. The zero-order chi connectivity index (χ0) is 8.77. The largest absolute Gasteiger partial charge is 0.481 e. The Morgan fingerprint density at radius 2 is 2.25 bits per heavy atom. The third-order valence-electron chi connectivity index (χ3n) is 3.45. The van der Waals surface area contributed by atoms with Gasteiger partial charge in [-0.1, -0.05) is 0 Å². The number of rotatable bonds is 2. The summed E-state index contributed by atoms with van der Waals surface area (Å²) in [6.45, 7) is 0. The monoisotopic (exact) mass is 170 g/mol. The van der Waals surface area contributed by atoms with Crippen LogP contribution in [0.3, 0.4) is 0 Å². The number of aliphatic hydroxyl groups excluding tert-OH is 1. The zero-order valence-electron chi connectivity index (χ0n) is 6.99. The minimum Gasteiger partial charge on any atom is -0.481 e. The fraction of sp³-hybridized carbons (Fsp3) is 0.889. The number of hydrogen-bond acceptors (Lipinski definition) is 2. The molecule has 2 bridgehead atoms. The molecule has 0 radical (unpaired) electrons. The lowest BCUT2D eigenvalue weighted by molar-refractivity contribution is -0.139. The highest BCUT2D eigenvalue weighted by Gasteiger charge is 2.50. The molecule has 0 saturated heterocycles. The third-order valence-corrected chi connectivity index (χ3v) is 3.45. The van der Waals surface area contributed by atoms with Gasteiger partial charge in [0.05, 0.1) is 12.5 Å². The summed E-state index contributed by atoms with van der Waals surface area (Å²) in [5.41, 5.74) is -0.0457. The molecule has 3 unspecified atom stereocenters. The normalized spacial score (nSPS) is 45.1. The molecule has 2 saturated carbocycles. The van der Waals surface area contributed by atoms with E-state index in [-0.39, 0.29) is 17.9 Å². The van der Waals surface area contributed by atoms with Crippen LogP contribution in [0.25, 0.3) is 0 Å². The molecule has 3 nitrogen and oxygen atoms in total. The van der Waals surface area contributed by atoms with E-state index in [9.17, 15) is 9.90 Å². The molecule has 0 aliphatic heterocycles. The quantitative estimate of drug-likeness (QED) is 0.650. The number of carbonyl (C=O) groups is 1. The number of hydrogen-bond donors (Lipinski definition) is 2.